The van der Waals surface area contributed by atoms with Gasteiger partial charge in [0.1, 0.15) is 10.0 Å². The summed E-state index contributed by atoms with van der Waals surface area (Å²) in [6.45, 7) is 1.90. The molecular formula is C14H15ClCoN4O3S. The van der Waals surface area contributed by atoms with Crippen LogP contribution in [0.5, 0.6) is 0 Å². The van der Waals surface area contributed by atoms with Gasteiger partial charge in [0.2, 0.25) is 0 Å². The summed E-state index contributed by atoms with van der Waals surface area (Å²) in [6, 6.07) is 6.22. The predicted octanol–water partition coefficient (Wildman–Crippen LogP) is 2.65. The summed E-state index contributed by atoms with van der Waals surface area (Å²) in [5.74, 6) is 0.685. The summed E-state index contributed by atoms with van der Waals surface area (Å²) in [7, 11) is -3.92. The van der Waals surface area contributed by atoms with Gasteiger partial charge in [0.05, 0.1) is 15.7 Å². The second kappa shape index (κ2) is 8.63. The molecule has 1 aliphatic rings. The van der Waals surface area contributed by atoms with Crippen LogP contribution in [0.2, 0.25) is 5.02 Å². The number of halogens is 1. The third kappa shape index (κ3) is 5.31. The van der Waals surface area contributed by atoms with E-state index < -0.39 is 10.0 Å². The molecule has 0 bridgehead atoms. The molecule has 0 atom stereocenters. The van der Waals surface area contributed by atoms with Crippen molar-refractivity contribution in [1.82, 2.24) is 14.8 Å². The zero-order chi connectivity index (χ0) is 17.0. The molecule has 1 heterocycles. The Morgan fingerprint density at radius 1 is 1.38 bits per heavy atom. The van der Waals surface area contributed by atoms with Gasteiger partial charge in [-0.3, -0.25) is 9.89 Å². The maximum absolute atomic E-state index is 11.2. The van der Waals surface area contributed by atoms with Gasteiger partial charge in [0, 0.05) is 0 Å². The molecule has 10 heteroatoms. The van der Waals surface area contributed by atoms with Crippen molar-refractivity contribution in [2.75, 3.05) is 0 Å². The van der Waals surface area contributed by atoms with Crippen molar-refractivity contribution >= 4 is 27.7 Å². The second-order valence-electron chi connectivity index (χ2n) is 4.88. The zero-order valence-electron chi connectivity index (χ0n) is 12.6. The van der Waals surface area contributed by atoms with Gasteiger partial charge in [0.25, 0.3) is 0 Å². The monoisotopic (exact) mass is 413 g/mol. The van der Waals surface area contributed by atoms with Gasteiger partial charge in [-0.05, 0) is 31.2 Å². The van der Waals surface area contributed by atoms with Crippen molar-refractivity contribution in [2.45, 2.75) is 30.7 Å². The number of hydrogen-bond donors (Lipinski definition) is 0. The molecule has 0 unspecified atom stereocenters. The number of sulfonamides is 1. The molecule has 3 rings (SSSR count). The Morgan fingerprint density at radius 3 is 2.46 bits per heavy atom. The molecule has 1 aromatic carbocycles. The average molecular weight is 414 g/mol. The molecule has 0 saturated heterocycles. The van der Waals surface area contributed by atoms with Crippen molar-refractivity contribution in [1.29, 1.82) is 0 Å². The average Bonchev–Trinajstić information content (AvgIpc) is 3.24. The Labute approximate surface area is 155 Å². The topological polar surface area (TPSA) is 107 Å². The number of rotatable bonds is 3. The van der Waals surface area contributed by atoms with Crippen molar-refractivity contribution in [3.63, 3.8) is 0 Å². The normalized spacial score (nSPS) is 14.0. The zero-order valence-corrected chi connectivity index (χ0v) is 15.3. The van der Waals surface area contributed by atoms with E-state index in [1.165, 1.54) is 18.2 Å². The Morgan fingerprint density at radius 2 is 2.00 bits per heavy atom. The van der Waals surface area contributed by atoms with Crippen LogP contribution in [0.25, 0.3) is 11.2 Å². The van der Waals surface area contributed by atoms with Crippen LogP contribution in [0.1, 0.15) is 31.6 Å². The molecule has 1 N–H and O–H groups in total. The van der Waals surface area contributed by atoms with E-state index in [0.717, 1.165) is 12.8 Å². The number of hydrogen-bond acceptors (Lipinski definition) is 4. The minimum Gasteiger partial charge on any atom is -0.560 e. The fourth-order valence-corrected chi connectivity index (χ4v) is 2.91. The molecule has 0 aliphatic heterocycles. The Kier molecular flexibility index (Phi) is 7.43. The van der Waals surface area contributed by atoms with Crippen LogP contribution in [0.4, 0.5) is 0 Å². The predicted molar refractivity (Wildman–Crippen MR) is 87.8 cm³/mol. The Bertz CT molecular complexity index is 872. The van der Waals surface area contributed by atoms with Gasteiger partial charge >= 0.3 is 16.8 Å². The van der Waals surface area contributed by atoms with Gasteiger partial charge in [-0.1, -0.05) is 42.7 Å². The summed E-state index contributed by atoms with van der Waals surface area (Å²) in [5.41, 5.74) is -0.217. The summed E-state index contributed by atoms with van der Waals surface area (Å²) >= 11 is 5.51. The van der Waals surface area contributed by atoms with Crippen LogP contribution >= 0.6 is 11.6 Å². The molecule has 0 amide bonds. The minimum absolute atomic E-state index is 0. The molecule has 1 aliphatic carbocycles. The van der Waals surface area contributed by atoms with Gasteiger partial charge in [-0.15, -0.1) is 0 Å². The van der Waals surface area contributed by atoms with Crippen molar-refractivity contribution in [2.24, 2.45) is 0 Å². The van der Waals surface area contributed by atoms with Crippen molar-refractivity contribution in [3.05, 3.63) is 56.8 Å². The van der Waals surface area contributed by atoms with Crippen molar-refractivity contribution < 1.29 is 25.2 Å². The van der Waals surface area contributed by atoms with E-state index in [1.54, 1.807) is 10.6 Å². The molecule has 2 aromatic rings. The molecule has 1 fully saturated rings. The third-order valence-electron chi connectivity index (χ3n) is 3.04. The quantitative estimate of drug-likeness (QED) is 0.768. The molecule has 24 heavy (non-hydrogen) atoms. The number of allylic oxidation sites excluding steroid dienone is 1. The number of nitrogens with zero attached hydrogens (tertiary/aromatic N) is 3. The third-order valence-corrected chi connectivity index (χ3v) is 4.42. The van der Waals surface area contributed by atoms with Gasteiger partial charge < -0.3 is 14.8 Å². The van der Waals surface area contributed by atoms with E-state index in [1.807, 2.05) is 19.1 Å². The van der Waals surface area contributed by atoms with Gasteiger partial charge in [-0.25, -0.2) is 8.42 Å². The van der Waals surface area contributed by atoms with Gasteiger partial charge in [-0.2, -0.15) is 0 Å². The molecule has 1 radical (unpaired) electrons. The van der Waals surface area contributed by atoms with E-state index in [9.17, 15) is 13.2 Å². The smallest absolute Gasteiger partial charge is 0.560 e. The van der Waals surface area contributed by atoms with Gasteiger partial charge in [0.15, 0.2) is 5.69 Å². The SMILES string of the molecule is C/C=C\c1n[n-]c(=O)n1C1CC1.[Co+2].[NH-]S(=O)(=O)c1ccccc1Cl. The molecule has 1 saturated carbocycles. The summed E-state index contributed by atoms with van der Waals surface area (Å²) < 4.78 is 22.9. The summed E-state index contributed by atoms with van der Waals surface area (Å²) in [4.78, 5) is 11.0. The van der Waals surface area contributed by atoms with E-state index in [-0.39, 0.29) is 32.4 Å². The number of aromatic nitrogens is 3. The molecular weight excluding hydrogens is 399 g/mol. The van der Waals surface area contributed by atoms with E-state index in [2.05, 4.69) is 10.2 Å². The van der Waals surface area contributed by atoms with Crippen LogP contribution < -0.4 is 10.8 Å². The van der Waals surface area contributed by atoms with Crippen LogP contribution in [-0.2, 0) is 26.8 Å². The molecule has 1 aromatic heterocycles. The van der Waals surface area contributed by atoms with Crippen LogP contribution in [0.3, 0.4) is 0 Å². The van der Waals surface area contributed by atoms with E-state index >= 15 is 0 Å². The molecule has 131 valence electrons. The first-order chi connectivity index (χ1) is 10.8. The van der Waals surface area contributed by atoms with Crippen LogP contribution in [-0.4, -0.2) is 18.1 Å². The first kappa shape index (κ1) is 20.7. The Hall–Kier alpha value is -1.39. The fourth-order valence-electron chi connectivity index (χ4n) is 1.89. The largest absolute Gasteiger partial charge is 2.00 e. The van der Waals surface area contributed by atoms with Crippen LogP contribution in [0.15, 0.2) is 40.0 Å². The number of benzene rings is 1. The summed E-state index contributed by atoms with van der Waals surface area (Å²) in [5, 5.41) is 14.1. The van der Waals surface area contributed by atoms with Crippen molar-refractivity contribution in [3.8, 4) is 0 Å². The maximum Gasteiger partial charge on any atom is 2.00 e. The molecule has 7 nitrogen and oxygen atoms in total. The standard InChI is InChI=1S/C8H11N3O.C6H5ClNO2S.Co/c1-2-3-7-9-10-8(12)11(7)6-4-5-6;7-5-3-1-2-4-6(5)11(8,9)10;/h2-3,6H,4-5H2,1H3,(H,10,12);1-4H,(H-,8,9,10);/q;-1;+2/p-1/b3-2-;;. The van der Waals surface area contributed by atoms with Crippen LogP contribution in [0, 0.1) is 0 Å². The van der Waals surface area contributed by atoms with E-state index in [4.69, 9.17) is 16.7 Å². The summed E-state index contributed by atoms with van der Waals surface area (Å²) in [6.07, 6.45) is 5.84. The second-order valence-corrected chi connectivity index (χ2v) is 6.73. The Balaban J connectivity index is 0.000000232. The molecule has 0 spiro atoms. The first-order valence-corrected chi connectivity index (χ1v) is 8.69. The fraction of sp³-hybridized carbons (Fsp3) is 0.286. The number of nitrogens with one attached hydrogen (secondary N) is 1. The van der Waals surface area contributed by atoms with E-state index in [0.29, 0.717) is 11.9 Å². The maximum atomic E-state index is 11.2. The minimum atomic E-state index is -3.92. The first-order valence-electron chi connectivity index (χ1n) is 6.83.